The number of aromatic hydroxyl groups is 1. The van der Waals surface area contributed by atoms with Crippen molar-refractivity contribution in [1.29, 1.82) is 0 Å². The Morgan fingerprint density at radius 1 is 1.33 bits per heavy atom. The van der Waals surface area contributed by atoms with Crippen molar-refractivity contribution in [2.45, 2.75) is 0 Å². The Labute approximate surface area is 103 Å². The van der Waals surface area contributed by atoms with Gasteiger partial charge in [-0.2, -0.15) is 0 Å². The van der Waals surface area contributed by atoms with Gasteiger partial charge in [-0.25, -0.2) is 4.79 Å². The number of hydrogen-bond donors (Lipinski definition) is 2. The minimum absolute atomic E-state index is 0.122. The largest absolute Gasteiger partial charge is 0.502 e. The number of carboxylic acids is 1. The van der Waals surface area contributed by atoms with Gasteiger partial charge in [0, 0.05) is 5.56 Å². The topological polar surface area (TPSA) is 97.6 Å². The van der Waals surface area contributed by atoms with Crippen molar-refractivity contribution in [3.8, 4) is 17.2 Å². The number of oxime groups is 1. The fourth-order valence-corrected chi connectivity index (χ4v) is 1.18. The monoisotopic (exact) mass is 255 g/mol. The van der Waals surface area contributed by atoms with Gasteiger partial charge in [-0.15, -0.1) is 0 Å². The van der Waals surface area contributed by atoms with Crippen LogP contribution in [0.25, 0.3) is 0 Å². The van der Waals surface area contributed by atoms with E-state index >= 15 is 0 Å². The number of ether oxygens (including phenoxy) is 2. The predicted octanol–water partition coefficient (Wildman–Crippen LogP) is 0.844. The number of hydrogen-bond acceptors (Lipinski definition) is 6. The zero-order valence-electron chi connectivity index (χ0n) is 9.91. The standard InChI is InChI=1S/C11H13NO6/c1-16-8-3-7(4-9(17-2)11(8)15)5-12-18-6-10(13)14/h3-5,15H,6H2,1-2H3,(H,13,14). The molecule has 98 valence electrons. The highest BCUT2D eigenvalue weighted by Crippen LogP contribution is 2.36. The lowest BCUT2D eigenvalue weighted by molar-refractivity contribution is -0.142. The van der Waals surface area contributed by atoms with Gasteiger partial charge in [0.05, 0.1) is 20.4 Å². The molecule has 0 saturated carbocycles. The summed E-state index contributed by atoms with van der Waals surface area (Å²) in [6, 6.07) is 3.01. The molecule has 2 N–H and O–H groups in total. The number of phenolic OH excluding ortho intramolecular Hbond substituents is 1. The second kappa shape index (κ2) is 6.33. The number of phenols is 1. The van der Waals surface area contributed by atoms with E-state index in [2.05, 4.69) is 9.99 Å². The second-order valence-corrected chi connectivity index (χ2v) is 3.18. The molecule has 0 amide bonds. The van der Waals surface area contributed by atoms with E-state index in [0.717, 1.165) is 0 Å². The first kappa shape index (κ1) is 13.6. The third-order valence-corrected chi connectivity index (χ3v) is 1.97. The molecule has 0 saturated heterocycles. The first-order valence-corrected chi connectivity index (χ1v) is 4.90. The molecule has 1 rings (SSSR count). The van der Waals surface area contributed by atoms with E-state index in [-0.39, 0.29) is 17.2 Å². The number of rotatable bonds is 6. The van der Waals surface area contributed by atoms with Crippen molar-refractivity contribution in [3.63, 3.8) is 0 Å². The Bertz CT molecular complexity index is 432. The molecule has 0 bridgehead atoms. The van der Waals surface area contributed by atoms with Crippen LogP contribution in [0.3, 0.4) is 0 Å². The maximum Gasteiger partial charge on any atom is 0.344 e. The zero-order chi connectivity index (χ0) is 13.5. The lowest BCUT2D eigenvalue weighted by Gasteiger charge is -2.08. The van der Waals surface area contributed by atoms with E-state index in [1.807, 2.05) is 0 Å². The fourth-order valence-electron chi connectivity index (χ4n) is 1.18. The van der Waals surface area contributed by atoms with Crippen molar-refractivity contribution >= 4 is 12.2 Å². The lowest BCUT2D eigenvalue weighted by atomic mass is 10.2. The van der Waals surface area contributed by atoms with Crippen molar-refractivity contribution in [2.75, 3.05) is 20.8 Å². The summed E-state index contributed by atoms with van der Waals surface area (Å²) in [4.78, 5) is 14.7. The molecule has 1 aromatic rings. The summed E-state index contributed by atoms with van der Waals surface area (Å²) in [6.45, 7) is -0.525. The molecule has 0 atom stereocenters. The van der Waals surface area contributed by atoms with Gasteiger partial charge in [0.1, 0.15) is 0 Å². The van der Waals surface area contributed by atoms with Gasteiger partial charge < -0.3 is 24.5 Å². The summed E-state index contributed by atoms with van der Waals surface area (Å²) < 4.78 is 9.89. The number of benzene rings is 1. The van der Waals surface area contributed by atoms with E-state index < -0.39 is 12.6 Å². The minimum atomic E-state index is -1.12. The number of carbonyl (C=O) groups is 1. The van der Waals surface area contributed by atoms with Gasteiger partial charge in [0.2, 0.25) is 12.4 Å². The highest BCUT2D eigenvalue weighted by molar-refractivity contribution is 5.82. The summed E-state index contributed by atoms with van der Waals surface area (Å²) in [7, 11) is 2.80. The Morgan fingerprint density at radius 3 is 2.33 bits per heavy atom. The Balaban J connectivity index is 2.86. The molecule has 18 heavy (non-hydrogen) atoms. The molecule has 0 aromatic heterocycles. The summed E-state index contributed by atoms with van der Waals surface area (Å²) in [5.41, 5.74) is 0.534. The van der Waals surface area contributed by atoms with Crippen LogP contribution in [0.15, 0.2) is 17.3 Å². The predicted molar refractivity (Wildman–Crippen MR) is 62.4 cm³/mol. The molecule has 1 aromatic carbocycles. The average Bonchev–Trinajstić information content (AvgIpc) is 2.35. The van der Waals surface area contributed by atoms with Crippen LogP contribution in [0.2, 0.25) is 0 Å². The Kier molecular flexibility index (Phi) is 4.79. The summed E-state index contributed by atoms with van der Waals surface area (Å²) in [6.07, 6.45) is 1.29. The van der Waals surface area contributed by atoms with Crippen molar-refractivity contribution in [1.82, 2.24) is 0 Å². The Hall–Kier alpha value is -2.44. The summed E-state index contributed by atoms with van der Waals surface area (Å²) >= 11 is 0. The molecule has 0 unspecified atom stereocenters. The van der Waals surface area contributed by atoms with Gasteiger partial charge in [-0.05, 0) is 12.1 Å². The maximum absolute atomic E-state index is 10.2. The van der Waals surface area contributed by atoms with E-state index in [4.69, 9.17) is 14.6 Å². The molecule has 0 aliphatic heterocycles. The van der Waals surface area contributed by atoms with Crippen LogP contribution in [-0.4, -0.2) is 43.2 Å². The zero-order valence-corrected chi connectivity index (χ0v) is 9.91. The molecule has 7 heteroatoms. The highest BCUT2D eigenvalue weighted by atomic mass is 16.6. The number of methoxy groups -OCH3 is 2. The first-order valence-electron chi connectivity index (χ1n) is 4.90. The van der Waals surface area contributed by atoms with Crippen LogP contribution < -0.4 is 9.47 Å². The smallest absolute Gasteiger partial charge is 0.344 e. The molecule has 0 aliphatic carbocycles. The van der Waals surface area contributed by atoms with Crippen molar-refractivity contribution in [3.05, 3.63) is 17.7 Å². The second-order valence-electron chi connectivity index (χ2n) is 3.18. The van der Waals surface area contributed by atoms with Crippen LogP contribution in [-0.2, 0) is 9.63 Å². The van der Waals surface area contributed by atoms with Gasteiger partial charge in [-0.1, -0.05) is 5.16 Å². The number of aliphatic carboxylic acids is 1. The maximum atomic E-state index is 10.2. The molecule has 0 spiro atoms. The molecule has 7 nitrogen and oxygen atoms in total. The Morgan fingerprint density at radius 2 is 1.89 bits per heavy atom. The molecular formula is C11H13NO6. The van der Waals surface area contributed by atoms with E-state index in [1.54, 1.807) is 0 Å². The van der Waals surface area contributed by atoms with Crippen LogP contribution in [0.5, 0.6) is 17.2 Å². The average molecular weight is 255 g/mol. The van der Waals surface area contributed by atoms with Crippen LogP contribution >= 0.6 is 0 Å². The van der Waals surface area contributed by atoms with E-state index in [1.165, 1.54) is 32.6 Å². The molecular weight excluding hydrogens is 242 g/mol. The normalized spacial score (nSPS) is 10.3. The molecule has 0 heterocycles. The summed E-state index contributed by atoms with van der Waals surface area (Å²) in [5, 5.41) is 21.5. The first-order chi connectivity index (χ1) is 8.58. The van der Waals surface area contributed by atoms with Crippen LogP contribution in [0, 0.1) is 0 Å². The van der Waals surface area contributed by atoms with Gasteiger partial charge in [0.15, 0.2) is 11.5 Å². The van der Waals surface area contributed by atoms with E-state index in [0.29, 0.717) is 5.56 Å². The SMILES string of the molecule is COc1cc(C=NOCC(=O)O)cc(OC)c1O. The third kappa shape index (κ3) is 3.55. The number of nitrogens with zero attached hydrogens (tertiary/aromatic N) is 1. The minimum Gasteiger partial charge on any atom is -0.502 e. The fraction of sp³-hybridized carbons (Fsp3) is 0.273. The third-order valence-electron chi connectivity index (χ3n) is 1.97. The highest BCUT2D eigenvalue weighted by Gasteiger charge is 2.10. The lowest BCUT2D eigenvalue weighted by Crippen LogP contribution is -2.03. The van der Waals surface area contributed by atoms with Gasteiger partial charge >= 0.3 is 5.97 Å². The summed E-state index contributed by atoms with van der Waals surface area (Å²) in [5.74, 6) is -0.806. The van der Waals surface area contributed by atoms with E-state index in [9.17, 15) is 9.90 Å². The van der Waals surface area contributed by atoms with Crippen LogP contribution in [0.1, 0.15) is 5.56 Å². The van der Waals surface area contributed by atoms with Crippen molar-refractivity contribution < 1.29 is 29.3 Å². The van der Waals surface area contributed by atoms with Gasteiger partial charge in [0.25, 0.3) is 0 Å². The molecule has 0 fully saturated rings. The quantitative estimate of drug-likeness (QED) is 0.577. The molecule has 0 radical (unpaired) electrons. The number of carboxylic acid groups (broad SMARTS) is 1. The molecule has 0 aliphatic rings. The van der Waals surface area contributed by atoms with Crippen molar-refractivity contribution in [2.24, 2.45) is 5.16 Å². The van der Waals surface area contributed by atoms with Crippen LogP contribution in [0.4, 0.5) is 0 Å². The van der Waals surface area contributed by atoms with Gasteiger partial charge in [-0.3, -0.25) is 0 Å².